The molecule has 2 nitrogen and oxygen atoms in total. The van der Waals surface area contributed by atoms with Gasteiger partial charge in [-0.15, -0.1) is 0 Å². The Hall–Kier alpha value is -0.570. The van der Waals surface area contributed by atoms with Gasteiger partial charge in [-0.25, -0.2) is 0 Å². The van der Waals surface area contributed by atoms with Gasteiger partial charge >= 0.3 is 0 Å². The molecule has 50 valence electrons. The number of nitrogens with one attached hydrogen (secondary N) is 1. The van der Waals surface area contributed by atoms with Gasteiger partial charge < -0.3 is 0 Å². The maximum Gasteiger partial charge on any atom is 0.258 e. The average Bonchev–Trinajstić information content (AvgIpc) is 2.17. The first-order valence-corrected chi connectivity index (χ1v) is 3.82. The highest BCUT2D eigenvalue weighted by atomic mass is 32.1. The number of aromatic nitrogens is 1. The van der Waals surface area contributed by atoms with Gasteiger partial charge in [0.2, 0.25) is 0 Å². The van der Waals surface area contributed by atoms with Crippen LogP contribution in [0.5, 0.6) is 0 Å². The minimum absolute atomic E-state index is 0.0310. The van der Waals surface area contributed by atoms with Crippen LogP contribution in [0.3, 0.4) is 0 Å². The van der Waals surface area contributed by atoms with Gasteiger partial charge in [-0.1, -0.05) is 24.9 Å². The zero-order chi connectivity index (χ0) is 6.69. The molecule has 1 aromatic rings. The third-order valence-corrected chi connectivity index (χ3v) is 1.96. The molecule has 0 amide bonds. The van der Waals surface area contributed by atoms with Gasteiger partial charge in [0.05, 0.1) is 0 Å². The molecule has 0 bridgehead atoms. The molecule has 0 spiro atoms. The average molecular weight is 143 g/mol. The second kappa shape index (κ2) is 2.82. The summed E-state index contributed by atoms with van der Waals surface area (Å²) >= 11 is 1.44. The summed E-state index contributed by atoms with van der Waals surface area (Å²) in [5.41, 5.74) is 0.0310. The van der Waals surface area contributed by atoms with E-state index >= 15 is 0 Å². The maximum absolute atomic E-state index is 10.5. The van der Waals surface area contributed by atoms with E-state index in [2.05, 4.69) is 11.3 Å². The predicted octanol–water partition coefficient (Wildman–Crippen LogP) is 1.39. The summed E-state index contributed by atoms with van der Waals surface area (Å²) in [6.07, 6.45) is 2.12. The van der Waals surface area contributed by atoms with Crippen molar-refractivity contribution in [1.82, 2.24) is 4.37 Å². The van der Waals surface area contributed by atoms with Crippen molar-refractivity contribution in [2.45, 2.75) is 19.8 Å². The highest BCUT2D eigenvalue weighted by molar-refractivity contribution is 7.05. The van der Waals surface area contributed by atoms with Crippen molar-refractivity contribution in [3.63, 3.8) is 0 Å². The van der Waals surface area contributed by atoms with Gasteiger partial charge in [0.1, 0.15) is 0 Å². The van der Waals surface area contributed by atoms with Crippen molar-refractivity contribution in [1.29, 1.82) is 0 Å². The lowest BCUT2D eigenvalue weighted by Crippen LogP contribution is -1.92. The van der Waals surface area contributed by atoms with Crippen LogP contribution in [-0.2, 0) is 6.42 Å². The van der Waals surface area contributed by atoms with E-state index in [9.17, 15) is 4.79 Å². The molecule has 0 saturated carbocycles. The van der Waals surface area contributed by atoms with Crippen LogP contribution in [0.15, 0.2) is 10.9 Å². The molecule has 3 heteroatoms. The highest BCUT2D eigenvalue weighted by Crippen LogP contribution is 2.02. The minimum Gasteiger partial charge on any atom is -0.278 e. The van der Waals surface area contributed by atoms with E-state index < -0.39 is 0 Å². The molecular weight excluding hydrogens is 134 g/mol. The van der Waals surface area contributed by atoms with Crippen molar-refractivity contribution in [2.75, 3.05) is 0 Å². The van der Waals surface area contributed by atoms with Crippen LogP contribution in [0.1, 0.15) is 18.2 Å². The summed E-state index contributed by atoms with van der Waals surface area (Å²) in [6, 6.07) is 1.66. The Morgan fingerprint density at radius 1 is 1.78 bits per heavy atom. The van der Waals surface area contributed by atoms with E-state index in [0.29, 0.717) is 0 Å². The monoisotopic (exact) mass is 143 g/mol. The molecule has 0 radical (unpaired) electrons. The summed E-state index contributed by atoms with van der Waals surface area (Å²) in [6.45, 7) is 2.10. The molecule has 0 aromatic carbocycles. The number of hydrogen-bond acceptors (Lipinski definition) is 2. The fourth-order valence-electron chi connectivity index (χ4n) is 0.691. The molecule has 0 aliphatic heterocycles. The fraction of sp³-hybridized carbons (Fsp3) is 0.500. The Morgan fingerprint density at radius 3 is 3.00 bits per heavy atom. The zero-order valence-corrected chi connectivity index (χ0v) is 6.12. The standard InChI is InChI=1S/C6H9NOS/c1-2-3-5-4-6(8)7-9-5/h4H,2-3H2,1H3,(H,7,8). The summed E-state index contributed by atoms with van der Waals surface area (Å²) in [5, 5.41) is 0. The molecule has 9 heavy (non-hydrogen) atoms. The van der Waals surface area contributed by atoms with Crippen molar-refractivity contribution in [3.05, 3.63) is 21.3 Å². The fourth-order valence-corrected chi connectivity index (χ4v) is 1.45. The van der Waals surface area contributed by atoms with Crippen LogP contribution in [0.25, 0.3) is 0 Å². The van der Waals surface area contributed by atoms with E-state index in [1.165, 1.54) is 11.5 Å². The Labute approximate surface area is 57.7 Å². The van der Waals surface area contributed by atoms with Crippen LogP contribution in [0.2, 0.25) is 0 Å². The molecule has 1 aromatic heterocycles. The topological polar surface area (TPSA) is 32.9 Å². The number of H-pyrrole nitrogens is 1. The molecule has 1 N–H and O–H groups in total. The van der Waals surface area contributed by atoms with Gasteiger partial charge in [0.15, 0.2) is 0 Å². The van der Waals surface area contributed by atoms with Crippen molar-refractivity contribution < 1.29 is 0 Å². The molecule has 1 heterocycles. The largest absolute Gasteiger partial charge is 0.278 e. The number of aryl methyl sites for hydroxylation is 1. The van der Waals surface area contributed by atoms with Crippen LogP contribution >= 0.6 is 11.5 Å². The first-order valence-electron chi connectivity index (χ1n) is 3.00. The third-order valence-electron chi connectivity index (χ3n) is 1.07. The van der Waals surface area contributed by atoms with Crippen LogP contribution in [-0.4, -0.2) is 4.37 Å². The SMILES string of the molecule is CCCc1cc(=O)[nH]s1. The lowest BCUT2D eigenvalue weighted by atomic mass is 10.3. The van der Waals surface area contributed by atoms with E-state index in [-0.39, 0.29) is 5.56 Å². The van der Waals surface area contributed by atoms with E-state index in [1.807, 2.05) is 0 Å². The van der Waals surface area contributed by atoms with E-state index in [4.69, 9.17) is 0 Å². The summed E-state index contributed by atoms with van der Waals surface area (Å²) in [7, 11) is 0. The molecule has 0 aliphatic carbocycles. The molecule has 0 saturated heterocycles. The Morgan fingerprint density at radius 2 is 2.56 bits per heavy atom. The van der Waals surface area contributed by atoms with Gasteiger partial charge in [-0.3, -0.25) is 9.17 Å². The van der Waals surface area contributed by atoms with E-state index in [1.54, 1.807) is 6.07 Å². The van der Waals surface area contributed by atoms with Gasteiger partial charge in [-0.2, -0.15) is 0 Å². The first-order chi connectivity index (χ1) is 4.33. The van der Waals surface area contributed by atoms with Crippen LogP contribution in [0, 0.1) is 0 Å². The smallest absolute Gasteiger partial charge is 0.258 e. The Bertz CT molecular complexity index is 225. The summed E-state index contributed by atoms with van der Waals surface area (Å²) in [4.78, 5) is 11.7. The minimum atomic E-state index is 0.0310. The zero-order valence-electron chi connectivity index (χ0n) is 5.31. The lowest BCUT2D eigenvalue weighted by molar-refractivity contribution is 0.939. The molecule has 0 fully saturated rings. The highest BCUT2D eigenvalue weighted by Gasteiger charge is 1.92. The van der Waals surface area contributed by atoms with Gasteiger partial charge in [0.25, 0.3) is 5.56 Å². The van der Waals surface area contributed by atoms with E-state index in [0.717, 1.165) is 17.7 Å². The van der Waals surface area contributed by atoms with Gasteiger partial charge in [0, 0.05) is 10.9 Å². The molecular formula is C6H9NOS. The second-order valence-corrected chi connectivity index (χ2v) is 2.86. The maximum atomic E-state index is 10.5. The lowest BCUT2D eigenvalue weighted by Gasteiger charge is -1.84. The summed E-state index contributed by atoms with van der Waals surface area (Å²) < 4.78 is 2.64. The van der Waals surface area contributed by atoms with Gasteiger partial charge in [-0.05, 0) is 6.42 Å². The number of hydrogen-bond donors (Lipinski definition) is 1. The molecule has 0 aliphatic rings. The van der Waals surface area contributed by atoms with Crippen LogP contribution in [0.4, 0.5) is 0 Å². The van der Waals surface area contributed by atoms with Crippen molar-refractivity contribution >= 4 is 11.5 Å². The Kier molecular flexibility index (Phi) is 2.05. The molecule has 0 unspecified atom stereocenters. The Balaban J connectivity index is 2.73. The van der Waals surface area contributed by atoms with Crippen molar-refractivity contribution in [2.24, 2.45) is 0 Å². The molecule has 0 atom stereocenters. The quantitative estimate of drug-likeness (QED) is 0.666. The second-order valence-electron chi connectivity index (χ2n) is 1.93. The number of aromatic amines is 1. The predicted molar refractivity (Wildman–Crippen MR) is 38.9 cm³/mol. The summed E-state index contributed by atoms with van der Waals surface area (Å²) in [5.74, 6) is 0. The third kappa shape index (κ3) is 1.68. The number of rotatable bonds is 2. The molecule has 1 rings (SSSR count). The van der Waals surface area contributed by atoms with Crippen LogP contribution < -0.4 is 5.56 Å². The van der Waals surface area contributed by atoms with Crippen molar-refractivity contribution in [3.8, 4) is 0 Å². The first kappa shape index (κ1) is 6.55. The normalized spacial score (nSPS) is 9.89.